The van der Waals surface area contributed by atoms with Crippen LogP contribution in [0.5, 0.6) is 46.0 Å². The molecular weight excluding hydrogens is 772 g/mol. The summed E-state index contributed by atoms with van der Waals surface area (Å²) in [6.07, 6.45) is 2.53. The Morgan fingerprint density at radius 3 is 1.90 bits per heavy atom. The zero-order chi connectivity index (χ0) is 42.9. The topological polar surface area (TPSA) is 136 Å². The first kappa shape index (κ1) is 42.6. The minimum atomic E-state index is -1.17. The number of carbonyl (C=O) groups excluding carboxylic acids is 2. The Labute approximate surface area is 351 Å². The molecule has 0 aliphatic carbocycles. The average Bonchev–Trinajstić information content (AvgIpc) is 3.23. The maximum absolute atomic E-state index is 14.0. The largest absolute Gasteiger partial charge is 0.544 e. The molecule has 12 nitrogen and oxygen atoms in total. The highest BCUT2D eigenvalue weighted by Crippen LogP contribution is 2.54. The van der Waals surface area contributed by atoms with Gasteiger partial charge in [0, 0.05) is 44.1 Å². The zero-order valence-corrected chi connectivity index (χ0v) is 35.5. The van der Waals surface area contributed by atoms with Crippen molar-refractivity contribution in [1.82, 2.24) is 0 Å². The number of aliphatic carboxylic acids is 2. The summed E-state index contributed by atoms with van der Waals surface area (Å²) in [7, 11) is 8.57. The van der Waals surface area contributed by atoms with Gasteiger partial charge in [-0.15, -0.1) is 0 Å². The van der Waals surface area contributed by atoms with Crippen molar-refractivity contribution in [2.45, 2.75) is 76.5 Å². The van der Waals surface area contributed by atoms with Gasteiger partial charge in [-0.3, -0.25) is 0 Å². The Morgan fingerprint density at radius 2 is 1.30 bits per heavy atom. The van der Waals surface area contributed by atoms with Gasteiger partial charge in [-0.25, -0.2) is 4.39 Å². The van der Waals surface area contributed by atoms with Crippen molar-refractivity contribution in [3.63, 3.8) is 0 Å². The third-order valence-corrected chi connectivity index (χ3v) is 13.3. The number of alkyl halides is 1. The van der Waals surface area contributed by atoms with Crippen LogP contribution in [-0.2, 0) is 35.3 Å². The van der Waals surface area contributed by atoms with Gasteiger partial charge < -0.3 is 57.2 Å². The van der Waals surface area contributed by atoms with Crippen molar-refractivity contribution in [3.8, 4) is 46.0 Å². The summed E-state index contributed by atoms with van der Waals surface area (Å²) in [6, 6.07) is 16.6. The van der Waals surface area contributed by atoms with Gasteiger partial charge >= 0.3 is 0 Å². The van der Waals surface area contributed by atoms with E-state index in [4.69, 9.17) is 28.4 Å². The van der Waals surface area contributed by atoms with Crippen LogP contribution in [0.3, 0.4) is 0 Å². The Balaban J connectivity index is 1.56. The van der Waals surface area contributed by atoms with Gasteiger partial charge in [0.25, 0.3) is 0 Å². The first-order chi connectivity index (χ1) is 28.8. The fourth-order valence-electron chi connectivity index (χ4n) is 10.1. The molecule has 8 rings (SSSR count). The number of fused-ring (bicyclic) bond motifs is 2. The maximum Gasteiger partial charge on any atom is 0.204 e. The monoisotopic (exact) mass is 826 g/mol. The summed E-state index contributed by atoms with van der Waals surface area (Å²) >= 11 is 0. The molecule has 0 amide bonds. The van der Waals surface area contributed by atoms with E-state index in [0.717, 1.165) is 27.8 Å². The molecule has 13 heteroatoms. The summed E-state index contributed by atoms with van der Waals surface area (Å²) in [5, 5.41) is 25.9. The quantitative estimate of drug-likeness (QED) is 0.167. The number of hydrogen-bond acceptors (Lipinski definition) is 10. The van der Waals surface area contributed by atoms with Crippen LogP contribution in [0.25, 0.3) is 0 Å². The number of carboxylic acids is 2. The number of benzene rings is 4. The van der Waals surface area contributed by atoms with Crippen molar-refractivity contribution in [1.29, 1.82) is 0 Å². The molecule has 0 saturated heterocycles. The molecule has 0 saturated carbocycles. The first-order valence-corrected chi connectivity index (χ1v) is 20.7. The smallest absolute Gasteiger partial charge is 0.204 e. The molecule has 4 aliphatic heterocycles. The Kier molecular flexibility index (Phi) is 12.2. The lowest BCUT2D eigenvalue weighted by molar-refractivity contribution is -0.958. The summed E-state index contributed by atoms with van der Waals surface area (Å²) in [5.74, 6) is 0.809. The summed E-state index contributed by atoms with van der Waals surface area (Å²) in [5.41, 5.74) is 5.25. The molecule has 60 heavy (non-hydrogen) atoms. The number of methoxy groups -OCH3 is 3. The van der Waals surface area contributed by atoms with Crippen LogP contribution < -0.4 is 38.6 Å². The Morgan fingerprint density at radius 1 is 0.733 bits per heavy atom. The van der Waals surface area contributed by atoms with Crippen LogP contribution >= 0.6 is 0 Å². The normalized spacial score (nSPS) is 22.7. The second-order valence-electron chi connectivity index (χ2n) is 16.4. The second kappa shape index (κ2) is 17.2. The van der Waals surface area contributed by atoms with E-state index < -0.39 is 36.7 Å². The predicted octanol–water partition coefficient (Wildman–Crippen LogP) is 5.59. The molecule has 4 aromatic rings. The number of ether oxygens (including phenoxy) is 6. The van der Waals surface area contributed by atoms with Gasteiger partial charge in [-0.05, 0) is 64.7 Å². The molecule has 320 valence electrons. The first-order valence-electron chi connectivity index (χ1n) is 20.7. The number of hydrogen-bond donors (Lipinski definition) is 0. The third-order valence-electron chi connectivity index (χ3n) is 13.3. The summed E-state index contributed by atoms with van der Waals surface area (Å²) in [4.78, 5) is 25.9. The molecule has 0 fully saturated rings. The Bertz CT molecular complexity index is 2250. The number of carboxylic acid groups (broad SMARTS) is 2. The van der Waals surface area contributed by atoms with Crippen LogP contribution in [0.4, 0.5) is 4.39 Å². The molecule has 0 spiro atoms. The number of likely N-dealkylation sites (N-methyl/N-ethyl adjacent to an activating group) is 2. The van der Waals surface area contributed by atoms with Gasteiger partial charge in [-0.1, -0.05) is 32.0 Å². The molecule has 4 heterocycles. The van der Waals surface area contributed by atoms with E-state index in [2.05, 4.69) is 0 Å². The van der Waals surface area contributed by atoms with Crippen molar-refractivity contribution in [3.05, 3.63) is 94.0 Å². The number of nitrogens with zero attached hydrogens (tertiary/aromatic N) is 2. The fraction of sp³-hybridized carbons (Fsp3) is 0.447. The third kappa shape index (κ3) is 7.57. The lowest BCUT2D eigenvalue weighted by Crippen LogP contribution is -2.63. The minimum Gasteiger partial charge on any atom is -0.544 e. The van der Waals surface area contributed by atoms with Crippen LogP contribution in [0, 0.1) is 0 Å². The van der Waals surface area contributed by atoms with Crippen molar-refractivity contribution >= 4 is 11.9 Å². The molecule has 4 aromatic carbocycles. The van der Waals surface area contributed by atoms with Crippen LogP contribution in [0.1, 0.15) is 72.2 Å². The van der Waals surface area contributed by atoms with Crippen molar-refractivity contribution < 1.29 is 61.6 Å². The van der Waals surface area contributed by atoms with E-state index in [-0.39, 0.29) is 33.1 Å². The highest BCUT2D eigenvalue weighted by Gasteiger charge is 2.49. The van der Waals surface area contributed by atoms with Gasteiger partial charge in [0.1, 0.15) is 43.2 Å². The van der Waals surface area contributed by atoms with E-state index in [1.165, 1.54) is 7.11 Å². The van der Waals surface area contributed by atoms with E-state index >= 15 is 0 Å². The van der Waals surface area contributed by atoms with Gasteiger partial charge in [0.2, 0.25) is 5.75 Å². The maximum atomic E-state index is 14.0. The van der Waals surface area contributed by atoms with Crippen LogP contribution in [0.15, 0.2) is 60.7 Å². The standard InChI is InChI=1S/C47H55FN2O10/c1-8-34(46(51)52)49(3)19-16-30-25-39(56-6)41-27-33(30)36(49)22-28-10-13-32(14-11-28)59-40-24-29(12-15-38(40)55-5)23-37-43-31(17-20-50(37,4)35(9-2)47(53)54)26-42(57-7)44(45(43)60-41)58-21-18-48/h10-15,24-27,34-37H,8-9,16-23H2,1-7H3. The molecule has 0 aromatic heterocycles. The van der Waals surface area contributed by atoms with E-state index in [1.807, 2.05) is 88.6 Å². The zero-order valence-electron chi connectivity index (χ0n) is 35.5. The highest BCUT2D eigenvalue weighted by molar-refractivity contribution is 5.71. The van der Waals surface area contributed by atoms with Gasteiger partial charge in [0.05, 0.1) is 66.0 Å². The van der Waals surface area contributed by atoms with Crippen LogP contribution in [-0.4, -0.2) is 94.8 Å². The van der Waals surface area contributed by atoms with E-state index in [1.54, 1.807) is 14.2 Å². The number of carbonyl (C=O) groups is 2. The number of quaternary nitrogens is 2. The fourth-order valence-corrected chi connectivity index (χ4v) is 10.1. The van der Waals surface area contributed by atoms with Gasteiger partial charge in [-0.2, -0.15) is 0 Å². The van der Waals surface area contributed by atoms with Crippen LogP contribution in [0.2, 0.25) is 0 Å². The summed E-state index contributed by atoms with van der Waals surface area (Å²) < 4.78 is 51.8. The summed E-state index contributed by atoms with van der Waals surface area (Å²) in [6.45, 7) is 3.64. The number of halogens is 1. The lowest BCUT2D eigenvalue weighted by atomic mass is 9.83. The molecule has 0 radical (unpaired) electrons. The van der Waals surface area contributed by atoms with E-state index in [0.29, 0.717) is 91.7 Å². The number of rotatable bonds is 12. The average molecular weight is 827 g/mol. The second-order valence-corrected chi connectivity index (χ2v) is 16.4. The van der Waals surface area contributed by atoms with Crippen molar-refractivity contribution in [2.75, 3.05) is 61.8 Å². The minimum absolute atomic E-state index is 0.0710. The lowest BCUT2D eigenvalue weighted by Gasteiger charge is -2.51. The van der Waals surface area contributed by atoms with E-state index in [9.17, 15) is 24.2 Å². The molecule has 6 bridgehead atoms. The molecule has 6 unspecified atom stereocenters. The van der Waals surface area contributed by atoms with Gasteiger partial charge in [0.15, 0.2) is 34.5 Å². The van der Waals surface area contributed by atoms with Crippen molar-refractivity contribution in [2.24, 2.45) is 0 Å². The Hall–Kier alpha value is -5.53. The molecule has 6 atom stereocenters. The highest BCUT2D eigenvalue weighted by atomic mass is 19.1. The predicted molar refractivity (Wildman–Crippen MR) is 218 cm³/mol. The molecule has 4 aliphatic rings. The molecule has 0 N–H and O–H groups in total. The SMILES string of the molecule is CCC(C(=O)[O-])[N+]1(C)CCc2cc(OC)c3cc2C1Cc1ccc(cc1)Oc1cc(ccc1OC)CC1c2c(cc(OC)c(OCCF)c2O3)CC[N+]1(C)C(CC)C(=O)[O-]. The molecular formula is C47H55FN2O10.